The second-order valence-corrected chi connectivity index (χ2v) is 5.83. The van der Waals surface area contributed by atoms with Gasteiger partial charge < -0.3 is 19.8 Å². The smallest absolute Gasteiger partial charge is 0.337 e. The molecule has 0 aliphatic rings. The minimum Gasteiger partial charge on any atom is -0.506 e. The summed E-state index contributed by atoms with van der Waals surface area (Å²) in [6.45, 7) is 0. The first-order valence-corrected chi connectivity index (χ1v) is 8.21. The zero-order valence-electron chi connectivity index (χ0n) is 14.8. The molecule has 0 atom stereocenters. The number of carbonyl (C=O) groups excluding carboxylic acids is 1. The number of hydrogen-bond donors (Lipinski definition) is 2. The number of ether oxygens (including phenoxy) is 1. The van der Waals surface area contributed by atoms with E-state index >= 15 is 0 Å². The highest BCUT2D eigenvalue weighted by Crippen LogP contribution is 2.41. The normalized spacial score (nSPS) is 10.4. The van der Waals surface area contributed by atoms with Crippen LogP contribution in [0.25, 0.3) is 0 Å². The third-order valence-corrected chi connectivity index (χ3v) is 4.10. The maximum absolute atomic E-state index is 13.4. The molecular formula is C21H16FNO5. The summed E-state index contributed by atoms with van der Waals surface area (Å²) in [6.07, 6.45) is 0. The van der Waals surface area contributed by atoms with Gasteiger partial charge in [0.05, 0.1) is 29.6 Å². The van der Waals surface area contributed by atoms with Gasteiger partial charge in [0.1, 0.15) is 11.6 Å². The van der Waals surface area contributed by atoms with E-state index in [1.165, 1.54) is 60.5 Å². The van der Waals surface area contributed by atoms with Crippen molar-refractivity contribution in [2.75, 3.05) is 12.0 Å². The lowest BCUT2D eigenvalue weighted by molar-refractivity contribution is 0.0599. The van der Waals surface area contributed by atoms with Gasteiger partial charge in [-0.15, -0.1) is 0 Å². The van der Waals surface area contributed by atoms with Crippen molar-refractivity contribution in [1.29, 1.82) is 0 Å². The SMILES string of the molecule is COC(=O)c1ccc(O)c(N(c2ccc(F)cc2)c2ccccc2C(=O)O)c1. The Morgan fingerprint density at radius 1 is 0.964 bits per heavy atom. The molecule has 0 unspecified atom stereocenters. The largest absolute Gasteiger partial charge is 0.506 e. The lowest BCUT2D eigenvalue weighted by atomic mass is 10.1. The average molecular weight is 381 g/mol. The van der Waals surface area contributed by atoms with Crippen molar-refractivity contribution >= 4 is 29.0 Å². The predicted molar refractivity (Wildman–Crippen MR) is 101 cm³/mol. The zero-order valence-corrected chi connectivity index (χ0v) is 14.8. The number of esters is 1. The molecule has 0 spiro atoms. The van der Waals surface area contributed by atoms with E-state index in [0.717, 1.165) is 0 Å². The Bertz CT molecular complexity index is 1030. The summed E-state index contributed by atoms with van der Waals surface area (Å²) >= 11 is 0. The Labute approximate surface area is 160 Å². The van der Waals surface area contributed by atoms with Gasteiger partial charge in [-0.3, -0.25) is 0 Å². The average Bonchev–Trinajstić information content (AvgIpc) is 2.70. The van der Waals surface area contributed by atoms with Crippen molar-refractivity contribution in [3.63, 3.8) is 0 Å². The van der Waals surface area contributed by atoms with E-state index in [1.807, 2.05) is 0 Å². The molecule has 0 saturated heterocycles. The van der Waals surface area contributed by atoms with Crippen molar-refractivity contribution in [3.05, 3.63) is 83.7 Å². The van der Waals surface area contributed by atoms with Crippen LogP contribution in [0.15, 0.2) is 66.7 Å². The molecule has 3 aromatic carbocycles. The third-order valence-electron chi connectivity index (χ3n) is 4.10. The van der Waals surface area contributed by atoms with E-state index in [-0.39, 0.29) is 28.3 Å². The van der Waals surface area contributed by atoms with Crippen molar-refractivity contribution in [1.82, 2.24) is 0 Å². The number of aromatic carboxylic acids is 1. The van der Waals surface area contributed by atoms with Gasteiger partial charge in [0.2, 0.25) is 0 Å². The van der Waals surface area contributed by atoms with Gasteiger partial charge in [0, 0.05) is 5.69 Å². The first-order valence-electron chi connectivity index (χ1n) is 8.21. The second-order valence-electron chi connectivity index (χ2n) is 5.83. The van der Waals surface area contributed by atoms with Crippen LogP contribution in [0.1, 0.15) is 20.7 Å². The summed E-state index contributed by atoms with van der Waals surface area (Å²) in [4.78, 5) is 25.1. The zero-order chi connectivity index (χ0) is 20.3. The van der Waals surface area contributed by atoms with Crippen LogP contribution in [0.5, 0.6) is 5.75 Å². The number of rotatable bonds is 5. The molecule has 2 N–H and O–H groups in total. The topological polar surface area (TPSA) is 87.1 Å². The van der Waals surface area contributed by atoms with E-state index < -0.39 is 17.8 Å². The number of carbonyl (C=O) groups is 2. The highest BCUT2D eigenvalue weighted by molar-refractivity contribution is 5.99. The molecule has 0 heterocycles. The molecule has 0 radical (unpaired) electrons. The summed E-state index contributed by atoms with van der Waals surface area (Å²) < 4.78 is 18.2. The number of phenolic OH excluding ortho intramolecular Hbond substituents is 1. The highest BCUT2D eigenvalue weighted by Gasteiger charge is 2.22. The second kappa shape index (κ2) is 7.79. The fraction of sp³-hybridized carbons (Fsp3) is 0.0476. The lowest BCUT2D eigenvalue weighted by Crippen LogP contribution is -2.15. The van der Waals surface area contributed by atoms with E-state index in [1.54, 1.807) is 18.2 Å². The number of anilines is 3. The van der Waals surface area contributed by atoms with Gasteiger partial charge in [-0.1, -0.05) is 12.1 Å². The molecule has 7 heteroatoms. The molecule has 3 rings (SSSR count). The Morgan fingerprint density at radius 2 is 1.64 bits per heavy atom. The van der Waals surface area contributed by atoms with Crippen LogP contribution >= 0.6 is 0 Å². The van der Waals surface area contributed by atoms with Crippen molar-refractivity contribution in [2.45, 2.75) is 0 Å². The Kier molecular flexibility index (Phi) is 5.26. The van der Waals surface area contributed by atoms with Crippen molar-refractivity contribution in [3.8, 4) is 5.75 Å². The third kappa shape index (κ3) is 3.64. The molecule has 28 heavy (non-hydrogen) atoms. The number of carboxylic acid groups (broad SMARTS) is 1. The number of phenols is 1. The summed E-state index contributed by atoms with van der Waals surface area (Å²) in [5, 5.41) is 20.0. The Morgan fingerprint density at radius 3 is 2.29 bits per heavy atom. The summed E-state index contributed by atoms with van der Waals surface area (Å²) in [5.74, 6) is -2.46. The van der Waals surface area contributed by atoms with E-state index in [4.69, 9.17) is 4.74 Å². The van der Waals surface area contributed by atoms with Crippen LogP contribution in [-0.4, -0.2) is 29.3 Å². The van der Waals surface area contributed by atoms with E-state index in [0.29, 0.717) is 5.69 Å². The number of hydrogen-bond acceptors (Lipinski definition) is 5. The first kappa shape index (κ1) is 18.9. The maximum Gasteiger partial charge on any atom is 0.337 e. The number of carboxylic acids is 1. The molecule has 0 bridgehead atoms. The molecule has 0 fully saturated rings. The lowest BCUT2D eigenvalue weighted by Gasteiger charge is -2.27. The predicted octanol–water partition coefficient (Wildman–Crippen LogP) is 4.49. The van der Waals surface area contributed by atoms with E-state index in [2.05, 4.69) is 0 Å². The maximum atomic E-state index is 13.4. The fourth-order valence-corrected chi connectivity index (χ4v) is 2.79. The van der Waals surface area contributed by atoms with Crippen LogP contribution in [0.4, 0.5) is 21.5 Å². The number of benzene rings is 3. The monoisotopic (exact) mass is 381 g/mol. The number of methoxy groups -OCH3 is 1. The van der Waals surface area contributed by atoms with Gasteiger partial charge in [0.15, 0.2) is 0 Å². The van der Waals surface area contributed by atoms with Crippen molar-refractivity contribution in [2.24, 2.45) is 0 Å². The minimum absolute atomic E-state index is 0.0327. The summed E-state index contributed by atoms with van der Waals surface area (Å²) in [5.41, 5.74) is 0.902. The van der Waals surface area contributed by atoms with E-state index in [9.17, 15) is 24.2 Å². The molecule has 0 saturated carbocycles. The van der Waals surface area contributed by atoms with Crippen LogP contribution < -0.4 is 4.90 Å². The molecule has 142 valence electrons. The number of aromatic hydroxyl groups is 1. The summed E-state index contributed by atoms with van der Waals surface area (Å²) in [7, 11) is 1.23. The molecule has 6 nitrogen and oxygen atoms in total. The molecular weight excluding hydrogens is 365 g/mol. The fourth-order valence-electron chi connectivity index (χ4n) is 2.79. The van der Waals surface area contributed by atoms with Crippen LogP contribution in [0, 0.1) is 5.82 Å². The molecule has 0 aliphatic carbocycles. The van der Waals surface area contributed by atoms with Crippen LogP contribution in [-0.2, 0) is 4.74 Å². The van der Waals surface area contributed by atoms with Gasteiger partial charge in [-0.2, -0.15) is 0 Å². The molecule has 0 aromatic heterocycles. The van der Waals surface area contributed by atoms with Crippen LogP contribution in [0.3, 0.4) is 0 Å². The number of para-hydroxylation sites is 1. The van der Waals surface area contributed by atoms with Crippen molar-refractivity contribution < 1.29 is 28.9 Å². The first-order chi connectivity index (χ1) is 13.4. The standard InChI is InChI=1S/C21H16FNO5/c1-28-21(27)13-6-11-19(24)18(12-13)23(15-9-7-14(22)8-10-15)17-5-3-2-4-16(17)20(25)26/h2-12,24H,1H3,(H,25,26). The highest BCUT2D eigenvalue weighted by atomic mass is 19.1. The van der Waals surface area contributed by atoms with Gasteiger partial charge in [0.25, 0.3) is 0 Å². The molecule has 0 amide bonds. The molecule has 3 aromatic rings. The van der Waals surface area contributed by atoms with Gasteiger partial charge in [-0.05, 0) is 54.6 Å². The summed E-state index contributed by atoms with van der Waals surface area (Å²) in [6, 6.07) is 15.6. The van der Waals surface area contributed by atoms with Crippen LogP contribution in [0.2, 0.25) is 0 Å². The van der Waals surface area contributed by atoms with Gasteiger partial charge in [-0.25, -0.2) is 14.0 Å². The number of nitrogens with zero attached hydrogens (tertiary/aromatic N) is 1. The quantitative estimate of drug-likeness (QED) is 0.634. The minimum atomic E-state index is -1.17. The Balaban J connectivity index is 2.28. The van der Waals surface area contributed by atoms with Gasteiger partial charge >= 0.3 is 11.9 Å². The molecule has 0 aliphatic heterocycles. The Hall–Kier alpha value is -3.87. The number of halogens is 1.